The molecular weight excluding hydrogens is 404 g/mol. The van der Waals surface area contributed by atoms with E-state index in [1.54, 1.807) is 38.3 Å². The Labute approximate surface area is 183 Å². The first-order chi connectivity index (χ1) is 14.3. The van der Waals surface area contributed by atoms with E-state index < -0.39 is 6.04 Å². The van der Waals surface area contributed by atoms with Crippen molar-refractivity contribution in [2.24, 2.45) is 5.92 Å². The first kappa shape index (κ1) is 23.5. The summed E-state index contributed by atoms with van der Waals surface area (Å²) in [4.78, 5) is 27.1. The van der Waals surface area contributed by atoms with E-state index in [1.165, 1.54) is 4.90 Å². The quantitative estimate of drug-likeness (QED) is 0.618. The molecule has 0 aromatic heterocycles. The molecule has 162 valence electrons. The van der Waals surface area contributed by atoms with Crippen LogP contribution in [0.3, 0.4) is 0 Å². The van der Waals surface area contributed by atoms with Crippen LogP contribution in [0.25, 0.3) is 0 Å². The van der Waals surface area contributed by atoms with Gasteiger partial charge in [0, 0.05) is 18.1 Å². The molecule has 0 spiro atoms. The maximum Gasteiger partial charge on any atom is 0.261 e. The molecule has 1 atom stereocenters. The number of nitrogens with one attached hydrogen (secondary N) is 1. The fraction of sp³-hybridized carbons (Fsp3) is 0.391. The maximum absolute atomic E-state index is 13.0. The third kappa shape index (κ3) is 7.26. The molecule has 0 unspecified atom stereocenters. The number of benzene rings is 2. The second kappa shape index (κ2) is 11.5. The van der Waals surface area contributed by atoms with Crippen molar-refractivity contribution in [3.63, 3.8) is 0 Å². The number of halogens is 1. The molecule has 2 amide bonds. The van der Waals surface area contributed by atoms with Crippen molar-refractivity contribution in [1.29, 1.82) is 0 Å². The van der Waals surface area contributed by atoms with Crippen LogP contribution in [0.5, 0.6) is 11.5 Å². The number of methoxy groups -OCH3 is 1. The number of carbonyl (C=O) groups excluding carboxylic acids is 2. The van der Waals surface area contributed by atoms with Gasteiger partial charge in [0.25, 0.3) is 5.91 Å². The number of hydrogen-bond donors (Lipinski definition) is 1. The Hall–Kier alpha value is -2.73. The van der Waals surface area contributed by atoms with Crippen molar-refractivity contribution in [2.45, 2.75) is 33.4 Å². The highest BCUT2D eigenvalue weighted by molar-refractivity contribution is 6.30. The zero-order valence-corrected chi connectivity index (χ0v) is 18.6. The summed E-state index contributed by atoms with van der Waals surface area (Å²) >= 11 is 5.88. The Morgan fingerprint density at radius 1 is 1.00 bits per heavy atom. The lowest BCUT2D eigenvalue weighted by Crippen LogP contribution is -2.49. The van der Waals surface area contributed by atoms with Crippen LogP contribution >= 0.6 is 11.6 Å². The number of ether oxygens (including phenoxy) is 2. The van der Waals surface area contributed by atoms with Gasteiger partial charge >= 0.3 is 0 Å². The van der Waals surface area contributed by atoms with E-state index in [1.807, 2.05) is 38.1 Å². The zero-order chi connectivity index (χ0) is 22.1. The summed E-state index contributed by atoms with van der Waals surface area (Å²) in [6, 6.07) is 13.5. The van der Waals surface area contributed by atoms with E-state index in [9.17, 15) is 9.59 Å². The second-order valence-electron chi connectivity index (χ2n) is 7.43. The van der Waals surface area contributed by atoms with Gasteiger partial charge in [0.2, 0.25) is 5.91 Å². The maximum atomic E-state index is 13.0. The Morgan fingerprint density at radius 2 is 1.60 bits per heavy atom. The lowest BCUT2D eigenvalue weighted by Gasteiger charge is -2.29. The summed E-state index contributed by atoms with van der Waals surface area (Å²) in [5.41, 5.74) is 0.888. The van der Waals surface area contributed by atoms with Crippen molar-refractivity contribution < 1.29 is 19.1 Å². The van der Waals surface area contributed by atoms with E-state index >= 15 is 0 Å². The standard InChI is InChI=1S/C23H29ClN2O4/c1-16(2)13-25-23(28)17(3)26(14-18-5-9-20(29-4)10-6-18)22(27)15-30-21-11-7-19(24)8-12-21/h5-12,16-17H,13-15H2,1-4H3,(H,25,28)/t17-/m1/s1. The van der Waals surface area contributed by atoms with Gasteiger partial charge in [-0.05, 0) is 54.8 Å². The van der Waals surface area contributed by atoms with E-state index in [2.05, 4.69) is 5.32 Å². The van der Waals surface area contributed by atoms with Crippen molar-refractivity contribution >= 4 is 23.4 Å². The molecule has 0 saturated carbocycles. The highest BCUT2D eigenvalue weighted by Crippen LogP contribution is 2.17. The predicted octanol–water partition coefficient (Wildman–Crippen LogP) is 3.92. The van der Waals surface area contributed by atoms with Crippen LogP contribution < -0.4 is 14.8 Å². The van der Waals surface area contributed by atoms with Gasteiger partial charge in [0.15, 0.2) is 6.61 Å². The predicted molar refractivity (Wildman–Crippen MR) is 118 cm³/mol. The van der Waals surface area contributed by atoms with Crippen molar-refractivity contribution in [1.82, 2.24) is 10.2 Å². The van der Waals surface area contributed by atoms with Gasteiger partial charge in [0.05, 0.1) is 7.11 Å². The SMILES string of the molecule is COc1ccc(CN(C(=O)COc2ccc(Cl)cc2)[C@H](C)C(=O)NCC(C)C)cc1. The van der Waals surface area contributed by atoms with Gasteiger partial charge in [-0.1, -0.05) is 37.6 Å². The average Bonchev–Trinajstić information content (AvgIpc) is 2.75. The molecule has 30 heavy (non-hydrogen) atoms. The van der Waals surface area contributed by atoms with Gasteiger partial charge < -0.3 is 19.7 Å². The molecule has 0 bridgehead atoms. The van der Waals surface area contributed by atoms with Crippen molar-refractivity contribution in [3.8, 4) is 11.5 Å². The Balaban J connectivity index is 2.12. The Morgan fingerprint density at radius 3 is 2.17 bits per heavy atom. The Kier molecular flexibility index (Phi) is 8.99. The van der Waals surface area contributed by atoms with E-state index in [0.717, 1.165) is 11.3 Å². The van der Waals surface area contributed by atoms with Gasteiger partial charge in [-0.15, -0.1) is 0 Å². The normalized spacial score (nSPS) is 11.7. The van der Waals surface area contributed by atoms with Crippen LogP contribution in [0, 0.1) is 5.92 Å². The number of nitrogens with zero attached hydrogens (tertiary/aromatic N) is 1. The monoisotopic (exact) mass is 432 g/mol. The molecule has 0 aliphatic carbocycles. The van der Waals surface area contributed by atoms with Crippen molar-refractivity contribution in [3.05, 3.63) is 59.1 Å². The zero-order valence-electron chi connectivity index (χ0n) is 17.9. The average molecular weight is 433 g/mol. The van der Waals surface area contributed by atoms with Crippen molar-refractivity contribution in [2.75, 3.05) is 20.3 Å². The smallest absolute Gasteiger partial charge is 0.261 e. The second-order valence-corrected chi connectivity index (χ2v) is 7.86. The van der Waals surface area contributed by atoms with Crippen LogP contribution in [0.2, 0.25) is 5.02 Å². The van der Waals surface area contributed by atoms with Gasteiger partial charge in [-0.3, -0.25) is 9.59 Å². The molecule has 7 heteroatoms. The van der Waals surface area contributed by atoms with Gasteiger partial charge in [-0.25, -0.2) is 0 Å². The third-order valence-corrected chi connectivity index (χ3v) is 4.79. The molecule has 0 aliphatic heterocycles. The molecule has 2 aromatic rings. The molecule has 0 saturated heterocycles. The van der Waals surface area contributed by atoms with Crippen LogP contribution in [0.1, 0.15) is 26.3 Å². The molecule has 0 fully saturated rings. The topological polar surface area (TPSA) is 67.9 Å². The van der Waals surface area contributed by atoms with Gasteiger partial charge in [0.1, 0.15) is 17.5 Å². The lowest BCUT2D eigenvalue weighted by atomic mass is 10.1. The molecule has 0 heterocycles. The van der Waals surface area contributed by atoms with E-state index in [0.29, 0.717) is 23.2 Å². The summed E-state index contributed by atoms with van der Waals surface area (Å²) in [5.74, 6) is 1.10. The summed E-state index contributed by atoms with van der Waals surface area (Å²) in [6.07, 6.45) is 0. The fourth-order valence-corrected chi connectivity index (χ4v) is 2.85. The largest absolute Gasteiger partial charge is 0.497 e. The number of hydrogen-bond acceptors (Lipinski definition) is 4. The highest BCUT2D eigenvalue weighted by Gasteiger charge is 2.26. The minimum Gasteiger partial charge on any atom is -0.497 e. The summed E-state index contributed by atoms with van der Waals surface area (Å²) in [7, 11) is 1.60. The number of amides is 2. The number of carbonyl (C=O) groups is 2. The van der Waals surface area contributed by atoms with E-state index in [4.69, 9.17) is 21.1 Å². The molecule has 0 aliphatic rings. The summed E-state index contributed by atoms with van der Waals surface area (Å²) < 4.78 is 10.8. The molecule has 0 radical (unpaired) electrons. The molecule has 6 nitrogen and oxygen atoms in total. The number of rotatable bonds is 10. The third-order valence-electron chi connectivity index (χ3n) is 4.54. The lowest BCUT2D eigenvalue weighted by molar-refractivity contribution is -0.142. The Bertz CT molecular complexity index is 822. The highest BCUT2D eigenvalue weighted by atomic mass is 35.5. The molecule has 2 rings (SSSR count). The first-order valence-electron chi connectivity index (χ1n) is 9.88. The summed E-state index contributed by atoms with van der Waals surface area (Å²) in [5, 5.41) is 3.48. The molecular formula is C23H29ClN2O4. The van der Waals surface area contributed by atoms with Crippen LogP contribution in [-0.4, -0.2) is 43.0 Å². The molecule has 2 aromatic carbocycles. The minimum absolute atomic E-state index is 0.181. The van der Waals surface area contributed by atoms with Crippen LogP contribution in [-0.2, 0) is 16.1 Å². The van der Waals surface area contributed by atoms with Crippen LogP contribution in [0.4, 0.5) is 0 Å². The van der Waals surface area contributed by atoms with Crippen LogP contribution in [0.15, 0.2) is 48.5 Å². The summed E-state index contributed by atoms with van der Waals surface area (Å²) in [6.45, 7) is 6.41. The minimum atomic E-state index is -0.646. The van der Waals surface area contributed by atoms with Gasteiger partial charge in [-0.2, -0.15) is 0 Å². The first-order valence-corrected chi connectivity index (χ1v) is 10.3. The fourth-order valence-electron chi connectivity index (χ4n) is 2.72. The van der Waals surface area contributed by atoms with E-state index in [-0.39, 0.29) is 25.0 Å². The molecule has 1 N–H and O–H groups in total.